The van der Waals surface area contributed by atoms with E-state index < -0.39 is 10.0 Å². The number of aryl methyl sites for hydroxylation is 1. The summed E-state index contributed by atoms with van der Waals surface area (Å²) in [6.07, 6.45) is 5.07. The Balaban J connectivity index is 1.97. The predicted molar refractivity (Wildman–Crippen MR) is 89.7 cm³/mol. The van der Waals surface area contributed by atoms with Crippen LogP contribution in [-0.4, -0.2) is 44.4 Å². The van der Waals surface area contributed by atoms with Crippen LogP contribution in [-0.2, 0) is 14.8 Å². The Labute approximate surface area is 135 Å². The summed E-state index contributed by atoms with van der Waals surface area (Å²) in [6.45, 7) is 2.25. The number of amidine groups is 1. The fraction of sp³-hybridized carbons (Fsp3) is 0.250. The van der Waals surface area contributed by atoms with Gasteiger partial charge in [-0.25, -0.2) is 8.42 Å². The number of nitrogens with zero attached hydrogens (tertiary/aromatic N) is 3. The number of allylic oxidation sites excluding steroid dienone is 2. The molecular formula is C16H17N3O3S. The molecule has 7 heteroatoms. The molecule has 23 heavy (non-hydrogen) atoms. The Bertz CT molecular complexity index is 853. The van der Waals surface area contributed by atoms with Gasteiger partial charge >= 0.3 is 0 Å². The maximum atomic E-state index is 12.8. The largest absolute Gasteiger partial charge is 0.331 e. The molecule has 0 bridgehead atoms. The molecule has 0 saturated carbocycles. The second kappa shape index (κ2) is 5.66. The van der Waals surface area contributed by atoms with E-state index in [0.29, 0.717) is 6.54 Å². The zero-order valence-electron chi connectivity index (χ0n) is 12.9. The lowest BCUT2D eigenvalue weighted by Gasteiger charge is -2.30. The van der Waals surface area contributed by atoms with Gasteiger partial charge in [-0.15, -0.1) is 4.40 Å². The average molecular weight is 331 g/mol. The normalized spacial score (nSPS) is 18.8. The van der Waals surface area contributed by atoms with Crippen molar-refractivity contribution >= 4 is 27.5 Å². The summed E-state index contributed by atoms with van der Waals surface area (Å²) in [5.41, 5.74) is 2.06. The Kier molecular flexibility index (Phi) is 3.81. The van der Waals surface area contributed by atoms with Gasteiger partial charge in [0.05, 0.1) is 11.3 Å². The van der Waals surface area contributed by atoms with E-state index in [1.54, 1.807) is 30.3 Å². The fourth-order valence-electron chi connectivity index (χ4n) is 2.52. The summed E-state index contributed by atoms with van der Waals surface area (Å²) in [7, 11) is -1.85. The number of hydrogen-bond donors (Lipinski definition) is 0. The number of sulfonamides is 1. The summed E-state index contributed by atoms with van der Waals surface area (Å²) < 4.78 is 27.3. The highest BCUT2D eigenvalue weighted by Crippen LogP contribution is 2.22. The molecule has 0 spiro atoms. The molecule has 2 heterocycles. The number of amides is 1. The highest BCUT2D eigenvalue weighted by atomic mass is 32.2. The first kappa shape index (κ1) is 15.5. The quantitative estimate of drug-likeness (QED) is 0.822. The van der Waals surface area contributed by atoms with Crippen LogP contribution in [0, 0.1) is 6.92 Å². The van der Waals surface area contributed by atoms with E-state index in [1.807, 2.05) is 31.2 Å². The van der Waals surface area contributed by atoms with Gasteiger partial charge in [0.2, 0.25) is 0 Å². The second-order valence-electron chi connectivity index (χ2n) is 5.52. The number of rotatable bonds is 2. The van der Waals surface area contributed by atoms with Gasteiger partial charge in [0.1, 0.15) is 0 Å². The molecule has 0 unspecified atom stereocenters. The van der Waals surface area contributed by atoms with Crippen molar-refractivity contribution < 1.29 is 13.2 Å². The molecule has 1 amide bonds. The first-order valence-electron chi connectivity index (χ1n) is 7.20. The maximum Gasteiger partial charge on any atom is 0.261 e. The first-order valence-corrected chi connectivity index (χ1v) is 8.81. The molecule has 3 rings (SSSR count). The number of benzene rings is 1. The van der Waals surface area contributed by atoms with E-state index in [4.69, 9.17) is 0 Å². The molecule has 0 saturated heterocycles. The number of likely N-dealkylation sites (N-methyl/N-ethyl adjacent to an activating group) is 1. The van der Waals surface area contributed by atoms with Crippen molar-refractivity contribution in [3.63, 3.8) is 0 Å². The molecular weight excluding hydrogens is 314 g/mol. The van der Waals surface area contributed by atoms with E-state index in [0.717, 1.165) is 11.3 Å². The van der Waals surface area contributed by atoms with E-state index in [1.165, 1.54) is 4.90 Å². The minimum absolute atomic E-state index is 0.0456. The highest BCUT2D eigenvalue weighted by Gasteiger charge is 2.31. The van der Waals surface area contributed by atoms with E-state index in [9.17, 15) is 13.2 Å². The van der Waals surface area contributed by atoms with Crippen LogP contribution in [0.4, 0.5) is 5.69 Å². The molecule has 1 aromatic carbocycles. The molecule has 2 aliphatic rings. The zero-order chi connectivity index (χ0) is 16.6. The smallest absolute Gasteiger partial charge is 0.261 e. The van der Waals surface area contributed by atoms with Gasteiger partial charge in [-0.3, -0.25) is 4.79 Å². The van der Waals surface area contributed by atoms with Gasteiger partial charge in [-0.2, -0.15) is 0 Å². The van der Waals surface area contributed by atoms with Crippen molar-refractivity contribution in [3.8, 4) is 0 Å². The minimum atomic E-state index is -3.52. The van der Waals surface area contributed by atoms with Crippen molar-refractivity contribution in [2.75, 3.05) is 24.2 Å². The summed E-state index contributed by atoms with van der Waals surface area (Å²) in [6, 6.07) is 7.55. The van der Waals surface area contributed by atoms with Gasteiger partial charge in [-0.1, -0.05) is 12.1 Å². The molecule has 120 valence electrons. The van der Waals surface area contributed by atoms with E-state index in [-0.39, 0.29) is 23.1 Å². The number of hydrogen-bond acceptors (Lipinski definition) is 4. The summed E-state index contributed by atoms with van der Waals surface area (Å²) in [5.74, 6) is -0.139. The number of carbonyl (C=O) groups is 1. The summed E-state index contributed by atoms with van der Waals surface area (Å²) >= 11 is 0. The minimum Gasteiger partial charge on any atom is -0.331 e. The maximum absolute atomic E-state index is 12.8. The number of anilines is 1. The van der Waals surface area contributed by atoms with Gasteiger partial charge in [-0.05, 0) is 36.8 Å². The molecule has 0 aliphatic carbocycles. The third kappa shape index (κ3) is 3.05. The molecule has 0 atom stereocenters. The van der Waals surface area contributed by atoms with Gasteiger partial charge in [0.15, 0.2) is 5.84 Å². The topological polar surface area (TPSA) is 70.1 Å². The third-order valence-electron chi connectivity index (χ3n) is 3.78. The van der Waals surface area contributed by atoms with Crippen molar-refractivity contribution in [3.05, 3.63) is 53.8 Å². The Hall–Kier alpha value is -2.41. The molecule has 2 aliphatic heterocycles. The molecule has 1 aromatic rings. The lowest BCUT2D eigenvalue weighted by Crippen LogP contribution is -2.42. The lowest BCUT2D eigenvalue weighted by molar-refractivity contribution is -0.114. The third-order valence-corrected chi connectivity index (χ3v) is 4.93. The van der Waals surface area contributed by atoms with Crippen LogP contribution in [0.5, 0.6) is 0 Å². The predicted octanol–water partition coefficient (Wildman–Crippen LogP) is 1.46. The van der Waals surface area contributed by atoms with Crippen molar-refractivity contribution in [2.24, 2.45) is 4.40 Å². The highest BCUT2D eigenvalue weighted by molar-refractivity contribution is 7.90. The van der Waals surface area contributed by atoms with Crippen LogP contribution in [0.2, 0.25) is 0 Å². The van der Waals surface area contributed by atoms with Crippen LogP contribution < -0.4 is 4.90 Å². The molecule has 0 fully saturated rings. The molecule has 0 N–H and O–H groups in total. The van der Waals surface area contributed by atoms with Crippen LogP contribution in [0.3, 0.4) is 0 Å². The second-order valence-corrected chi connectivity index (χ2v) is 7.27. The van der Waals surface area contributed by atoms with Crippen LogP contribution in [0.1, 0.15) is 5.56 Å². The van der Waals surface area contributed by atoms with Gasteiger partial charge in [0, 0.05) is 25.5 Å². The van der Waals surface area contributed by atoms with E-state index in [2.05, 4.69) is 4.40 Å². The van der Waals surface area contributed by atoms with E-state index >= 15 is 0 Å². The SMILES string of the molecule is Cc1cccc(N(C)C(=O)C2=CC=CN3CCS(=O)(=O)N=C23)c1. The average Bonchev–Trinajstić information content (AvgIpc) is 2.52. The molecule has 0 radical (unpaired) electrons. The van der Waals surface area contributed by atoms with Crippen LogP contribution >= 0.6 is 0 Å². The van der Waals surface area contributed by atoms with Crippen LogP contribution in [0.15, 0.2) is 52.6 Å². The van der Waals surface area contributed by atoms with Gasteiger partial charge < -0.3 is 9.80 Å². The summed E-state index contributed by atoms with van der Waals surface area (Å²) in [5, 5.41) is 0. The Morgan fingerprint density at radius 3 is 2.87 bits per heavy atom. The number of carbonyl (C=O) groups excluding carboxylic acids is 1. The van der Waals surface area contributed by atoms with Crippen LogP contribution in [0.25, 0.3) is 0 Å². The van der Waals surface area contributed by atoms with Crippen molar-refractivity contribution in [2.45, 2.75) is 6.92 Å². The Morgan fingerprint density at radius 1 is 1.35 bits per heavy atom. The number of fused-ring (bicyclic) bond motifs is 1. The van der Waals surface area contributed by atoms with Crippen molar-refractivity contribution in [1.82, 2.24) is 4.90 Å². The molecule has 0 aromatic heterocycles. The summed E-state index contributed by atoms with van der Waals surface area (Å²) in [4.78, 5) is 16.0. The standard InChI is InChI=1S/C16H17N3O3S/c1-12-5-3-6-13(11-12)18(2)16(20)14-7-4-8-19-9-10-23(21,22)17-15(14)19/h3-8,11H,9-10H2,1-2H3. The van der Waals surface area contributed by atoms with Crippen molar-refractivity contribution in [1.29, 1.82) is 0 Å². The van der Waals surface area contributed by atoms with Gasteiger partial charge in [0.25, 0.3) is 15.9 Å². The zero-order valence-corrected chi connectivity index (χ0v) is 13.7. The lowest BCUT2D eigenvalue weighted by atomic mass is 10.1. The monoisotopic (exact) mass is 331 g/mol. The first-order chi connectivity index (χ1) is 10.9. The fourth-order valence-corrected chi connectivity index (χ4v) is 3.50. The Morgan fingerprint density at radius 2 is 2.13 bits per heavy atom. The molecule has 6 nitrogen and oxygen atoms in total.